The monoisotopic (exact) mass is 508 g/mol. The number of anilines is 1. The molecule has 0 radical (unpaired) electrons. The molecule has 3 rings (SSSR count). The second-order valence-electron chi connectivity index (χ2n) is 11.3. The SMILES string of the molecule is CC(C)(C)OC(=O)NCC(=O)NC1CCC(Nc2cc(B3OC(C)(C)C(C)(C)O3)cc(Cl)n2)CC1. The van der Waals surface area contributed by atoms with E-state index in [2.05, 4.69) is 20.9 Å². The van der Waals surface area contributed by atoms with Gasteiger partial charge in [0.2, 0.25) is 5.91 Å². The minimum atomic E-state index is -0.602. The van der Waals surface area contributed by atoms with E-state index in [9.17, 15) is 9.59 Å². The quantitative estimate of drug-likeness (QED) is 0.399. The number of halogens is 1. The fraction of sp³-hybridized carbons (Fsp3) is 0.708. The molecule has 35 heavy (non-hydrogen) atoms. The molecular weight excluding hydrogens is 471 g/mol. The van der Waals surface area contributed by atoms with Crippen molar-refractivity contribution >= 4 is 42.0 Å². The number of ether oxygens (including phenoxy) is 1. The number of hydrogen-bond acceptors (Lipinski definition) is 7. The first kappa shape index (κ1) is 27.6. The predicted octanol–water partition coefficient (Wildman–Crippen LogP) is 3.40. The Balaban J connectivity index is 1.47. The van der Waals surface area contributed by atoms with Crippen molar-refractivity contribution in [2.24, 2.45) is 0 Å². The standard InChI is InChI=1S/C24H38BClN4O5/c1-22(2,3)33-21(32)27-14-20(31)29-17-10-8-16(9-11-17)28-19-13-15(12-18(26)30-19)25-34-23(4,5)24(6,7)35-25/h12-13,16-17H,8-11,14H2,1-7H3,(H,27,32)(H,28,30)(H,29,31). The van der Waals surface area contributed by atoms with E-state index >= 15 is 0 Å². The van der Waals surface area contributed by atoms with Crippen LogP contribution in [0, 0.1) is 0 Å². The summed E-state index contributed by atoms with van der Waals surface area (Å²) < 4.78 is 17.4. The molecule has 1 aromatic heterocycles. The van der Waals surface area contributed by atoms with E-state index in [1.807, 2.05) is 33.8 Å². The van der Waals surface area contributed by atoms with Crippen molar-refractivity contribution < 1.29 is 23.6 Å². The molecule has 0 unspecified atom stereocenters. The van der Waals surface area contributed by atoms with Crippen LogP contribution in [0.25, 0.3) is 0 Å². The molecule has 1 saturated heterocycles. The zero-order valence-electron chi connectivity index (χ0n) is 21.8. The van der Waals surface area contributed by atoms with Crippen LogP contribution in [0.3, 0.4) is 0 Å². The Labute approximate surface area is 213 Å². The van der Waals surface area contributed by atoms with Crippen molar-refractivity contribution in [2.45, 2.75) is 103 Å². The summed E-state index contributed by atoms with van der Waals surface area (Å²) in [5, 5.41) is 9.32. The lowest BCUT2D eigenvalue weighted by Gasteiger charge is -2.32. The first-order valence-electron chi connectivity index (χ1n) is 12.2. The molecule has 1 aliphatic carbocycles. The number of nitrogens with zero attached hydrogens (tertiary/aromatic N) is 1. The molecule has 11 heteroatoms. The summed E-state index contributed by atoms with van der Waals surface area (Å²) in [7, 11) is -0.513. The molecule has 2 amide bonds. The Morgan fingerprint density at radius 3 is 2.23 bits per heavy atom. The van der Waals surface area contributed by atoms with Gasteiger partial charge in [-0.3, -0.25) is 4.79 Å². The van der Waals surface area contributed by atoms with Gasteiger partial charge in [0.1, 0.15) is 23.1 Å². The number of aromatic nitrogens is 1. The van der Waals surface area contributed by atoms with E-state index in [4.69, 9.17) is 25.6 Å². The second kappa shape index (κ2) is 10.5. The molecule has 3 N–H and O–H groups in total. The summed E-state index contributed by atoms with van der Waals surface area (Å²) in [6.07, 6.45) is 2.77. The summed E-state index contributed by atoms with van der Waals surface area (Å²) >= 11 is 6.31. The van der Waals surface area contributed by atoms with Crippen LogP contribution in [0.2, 0.25) is 5.15 Å². The van der Waals surface area contributed by atoms with Crippen molar-refractivity contribution in [3.05, 3.63) is 17.3 Å². The number of alkyl carbamates (subject to hydrolysis) is 1. The third kappa shape index (κ3) is 7.72. The first-order chi connectivity index (χ1) is 16.1. The highest BCUT2D eigenvalue weighted by Gasteiger charge is 2.51. The van der Waals surface area contributed by atoms with Gasteiger partial charge in [-0.05, 0) is 91.7 Å². The van der Waals surface area contributed by atoms with Crippen molar-refractivity contribution in [2.75, 3.05) is 11.9 Å². The summed E-state index contributed by atoms with van der Waals surface area (Å²) in [5.41, 5.74) is -0.655. The maximum atomic E-state index is 12.2. The van der Waals surface area contributed by atoms with Crippen molar-refractivity contribution in [3.63, 3.8) is 0 Å². The smallest absolute Gasteiger partial charge is 0.444 e. The lowest BCUT2D eigenvalue weighted by Crippen LogP contribution is -2.45. The fourth-order valence-electron chi connectivity index (χ4n) is 4.04. The minimum Gasteiger partial charge on any atom is -0.444 e. The molecule has 0 bridgehead atoms. The summed E-state index contributed by atoms with van der Waals surface area (Å²) in [4.78, 5) is 28.3. The topological polar surface area (TPSA) is 111 Å². The van der Waals surface area contributed by atoms with Crippen molar-refractivity contribution in [1.82, 2.24) is 15.6 Å². The molecule has 1 aromatic rings. The van der Waals surface area contributed by atoms with E-state index in [1.54, 1.807) is 26.8 Å². The van der Waals surface area contributed by atoms with Crippen LogP contribution >= 0.6 is 11.6 Å². The predicted molar refractivity (Wildman–Crippen MR) is 137 cm³/mol. The van der Waals surface area contributed by atoms with Gasteiger partial charge in [-0.1, -0.05) is 11.6 Å². The molecule has 0 aromatic carbocycles. The van der Waals surface area contributed by atoms with E-state index in [0.717, 1.165) is 31.1 Å². The Kier molecular flexibility index (Phi) is 8.28. The molecule has 1 aliphatic heterocycles. The number of rotatable bonds is 6. The second-order valence-corrected chi connectivity index (χ2v) is 11.7. The molecule has 1 saturated carbocycles. The number of nitrogens with one attached hydrogen (secondary N) is 3. The molecular formula is C24H38BClN4O5. The lowest BCUT2D eigenvalue weighted by molar-refractivity contribution is -0.121. The van der Waals surface area contributed by atoms with Crippen LogP contribution < -0.4 is 21.4 Å². The van der Waals surface area contributed by atoms with Crippen LogP contribution in [0.15, 0.2) is 12.1 Å². The van der Waals surface area contributed by atoms with Gasteiger partial charge in [0.25, 0.3) is 0 Å². The van der Waals surface area contributed by atoms with Crippen LogP contribution in [0.1, 0.15) is 74.1 Å². The minimum absolute atomic E-state index is 0.0635. The largest absolute Gasteiger partial charge is 0.495 e. The Morgan fingerprint density at radius 1 is 1.09 bits per heavy atom. The number of carbonyl (C=O) groups excluding carboxylic acids is 2. The van der Waals surface area contributed by atoms with Gasteiger partial charge in [-0.15, -0.1) is 0 Å². The highest BCUT2D eigenvalue weighted by molar-refractivity contribution is 6.62. The normalized spacial score (nSPS) is 23.5. The summed E-state index contributed by atoms with van der Waals surface area (Å²) in [6.45, 7) is 13.3. The summed E-state index contributed by atoms with van der Waals surface area (Å²) in [5.74, 6) is 0.451. The van der Waals surface area contributed by atoms with Crippen LogP contribution in [0.4, 0.5) is 10.6 Å². The highest BCUT2D eigenvalue weighted by Crippen LogP contribution is 2.36. The maximum absolute atomic E-state index is 12.2. The molecule has 9 nitrogen and oxygen atoms in total. The molecule has 194 valence electrons. The lowest BCUT2D eigenvalue weighted by atomic mass is 9.79. The van der Waals surface area contributed by atoms with Gasteiger partial charge in [-0.2, -0.15) is 0 Å². The molecule has 0 atom stereocenters. The number of hydrogen-bond donors (Lipinski definition) is 3. The third-order valence-electron chi connectivity index (χ3n) is 6.58. The van der Waals surface area contributed by atoms with Gasteiger partial charge in [-0.25, -0.2) is 9.78 Å². The van der Waals surface area contributed by atoms with Crippen molar-refractivity contribution in [1.29, 1.82) is 0 Å². The molecule has 2 fully saturated rings. The van der Waals surface area contributed by atoms with Gasteiger partial charge in [0.15, 0.2) is 0 Å². The molecule has 2 aliphatic rings. The van der Waals surface area contributed by atoms with Crippen LogP contribution in [0.5, 0.6) is 0 Å². The highest BCUT2D eigenvalue weighted by atomic mass is 35.5. The first-order valence-corrected chi connectivity index (χ1v) is 12.6. The summed E-state index contributed by atoms with van der Waals surface area (Å²) in [6, 6.07) is 3.96. The van der Waals surface area contributed by atoms with Gasteiger partial charge in [0, 0.05) is 12.1 Å². The van der Waals surface area contributed by atoms with E-state index in [1.165, 1.54) is 0 Å². The Morgan fingerprint density at radius 2 is 1.66 bits per heavy atom. The zero-order valence-corrected chi connectivity index (χ0v) is 22.5. The number of amides is 2. The maximum Gasteiger partial charge on any atom is 0.495 e. The third-order valence-corrected chi connectivity index (χ3v) is 6.77. The fourth-order valence-corrected chi connectivity index (χ4v) is 4.26. The molecule has 0 spiro atoms. The van der Waals surface area contributed by atoms with Gasteiger partial charge < -0.3 is 30.0 Å². The van der Waals surface area contributed by atoms with E-state index < -0.39 is 30.0 Å². The van der Waals surface area contributed by atoms with Crippen LogP contribution in [-0.4, -0.2) is 59.5 Å². The van der Waals surface area contributed by atoms with Gasteiger partial charge in [0.05, 0.1) is 11.2 Å². The molecule has 2 heterocycles. The number of pyridine rings is 1. The average Bonchev–Trinajstić information content (AvgIpc) is 2.93. The Bertz CT molecular complexity index is 913. The van der Waals surface area contributed by atoms with Crippen molar-refractivity contribution in [3.8, 4) is 0 Å². The van der Waals surface area contributed by atoms with Crippen LogP contribution in [-0.2, 0) is 18.8 Å². The Hall–Kier alpha value is -2.04. The van der Waals surface area contributed by atoms with Gasteiger partial charge >= 0.3 is 13.2 Å². The van der Waals surface area contributed by atoms with E-state index in [-0.39, 0.29) is 24.5 Å². The van der Waals surface area contributed by atoms with E-state index in [0.29, 0.717) is 11.0 Å². The zero-order chi connectivity index (χ0) is 26.0. The average molecular weight is 509 g/mol. The number of carbonyl (C=O) groups is 2.